The van der Waals surface area contributed by atoms with Crippen LogP contribution >= 0.6 is 11.3 Å². The molecular formula is C15H13N7O3S. The van der Waals surface area contributed by atoms with Crippen LogP contribution in [-0.4, -0.2) is 25.8 Å². The molecule has 0 atom stereocenters. The molecular weight excluding hydrogens is 358 g/mol. The Morgan fingerprint density at radius 2 is 1.96 bits per heavy atom. The van der Waals surface area contributed by atoms with E-state index >= 15 is 0 Å². The molecule has 0 saturated carbocycles. The monoisotopic (exact) mass is 371 g/mol. The van der Waals surface area contributed by atoms with Crippen molar-refractivity contribution in [2.45, 2.75) is 6.92 Å². The van der Waals surface area contributed by atoms with Gasteiger partial charge in [-0.15, -0.1) is 11.3 Å². The van der Waals surface area contributed by atoms with Crippen molar-refractivity contribution in [2.24, 2.45) is 0 Å². The van der Waals surface area contributed by atoms with Crippen LogP contribution in [-0.2, 0) is 0 Å². The number of nitrogens with one attached hydrogen (secondary N) is 3. The quantitative estimate of drug-likeness (QED) is 0.444. The van der Waals surface area contributed by atoms with Crippen molar-refractivity contribution < 1.29 is 9.72 Å². The summed E-state index contributed by atoms with van der Waals surface area (Å²) in [7, 11) is 0. The molecule has 0 radical (unpaired) electrons. The van der Waals surface area contributed by atoms with Crippen molar-refractivity contribution in [3.05, 3.63) is 63.4 Å². The zero-order valence-corrected chi connectivity index (χ0v) is 14.3. The van der Waals surface area contributed by atoms with Gasteiger partial charge in [0.2, 0.25) is 11.6 Å². The summed E-state index contributed by atoms with van der Waals surface area (Å²) < 4.78 is 0. The Morgan fingerprint density at radius 1 is 1.19 bits per heavy atom. The van der Waals surface area contributed by atoms with Gasteiger partial charge in [0.1, 0.15) is 6.33 Å². The Kier molecular flexibility index (Phi) is 4.99. The first-order valence-electron chi connectivity index (χ1n) is 7.34. The average Bonchev–Trinajstić information content (AvgIpc) is 3.13. The molecule has 0 aliphatic rings. The van der Waals surface area contributed by atoms with Crippen LogP contribution in [0.2, 0.25) is 0 Å². The maximum Gasteiger partial charge on any atom is 0.355 e. The van der Waals surface area contributed by atoms with Gasteiger partial charge < -0.3 is 5.32 Å². The van der Waals surface area contributed by atoms with E-state index in [0.717, 1.165) is 11.9 Å². The summed E-state index contributed by atoms with van der Waals surface area (Å²) in [6.07, 6.45) is 2.70. The van der Waals surface area contributed by atoms with Gasteiger partial charge in [0.25, 0.3) is 5.91 Å². The summed E-state index contributed by atoms with van der Waals surface area (Å²) in [4.78, 5) is 34.8. The van der Waals surface area contributed by atoms with Crippen molar-refractivity contribution in [1.29, 1.82) is 0 Å². The van der Waals surface area contributed by atoms with Gasteiger partial charge in [-0.25, -0.2) is 15.0 Å². The molecule has 3 rings (SSSR count). The number of hydrogen-bond donors (Lipinski definition) is 3. The number of hydrazine groups is 1. The molecule has 0 saturated heterocycles. The third-order valence-electron chi connectivity index (χ3n) is 3.35. The van der Waals surface area contributed by atoms with Gasteiger partial charge in [-0.05, 0) is 18.6 Å². The summed E-state index contributed by atoms with van der Waals surface area (Å²) in [6.45, 7) is 1.79. The largest absolute Gasteiger partial charge is 0.355 e. The minimum atomic E-state index is -0.641. The molecule has 0 bridgehead atoms. The smallest absolute Gasteiger partial charge is 0.310 e. The highest BCUT2D eigenvalue weighted by atomic mass is 32.1. The van der Waals surface area contributed by atoms with E-state index in [0.29, 0.717) is 10.7 Å². The van der Waals surface area contributed by atoms with Gasteiger partial charge in [-0.3, -0.25) is 25.8 Å². The number of anilines is 3. The molecule has 1 aromatic carbocycles. The number of hydrogen-bond acceptors (Lipinski definition) is 9. The lowest BCUT2D eigenvalue weighted by atomic mass is 10.1. The lowest BCUT2D eigenvalue weighted by molar-refractivity contribution is -0.383. The standard InChI is InChI=1S/C15H13N7O3S/c1-9-4-2-3-5-10(9)14(23)21-20-13-11(22(24)25)12(17-8-18-13)19-15-16-6-7-26-15/h2-8H,1H3,(H,21,23)(H2,16,17,18,19,20). The maximum atomic E-state index is 12.3. The van der Waals surface area contributed by atoms with Gasteiger partial charge in [-0.1, -0.05) is 18.2 Å². The average molecular weight is 371 g/mol. The van der Waals surface area contributed by atoms with Crippen molar-refractivity contribution >= 4 is 39.7 Å². The number of amides is 1. The molecule has 0 aliphatic carbocycles. The molecule has 0 spiro atoms. The number of carbonyl (C=O) groups excluding carboxylic acids is 1. The summed E-state index contributed by atoms with van der Waals surface area (Å²) in [5.74, 6) is -0.621. The summed E-state index contributed by atoms with van der Waals surface area (Å²) in [6, 6.07) is 6.98. The van der Waals surface area contributed by atoms with E-state index in [2.05, 4.69) is 31.1 Å². The normalized spacial score (nSPS) is 10.2. The van der Waals surface area contributed by atoms with Crippen molar-refractivity contribution in [2.75, 3.05) is 10.7 Å². The van der Waals surface area contributed by atoms with E-state index in [4.69, 9.17) is 0 Å². The van der Waals surface area contributed by atoms with E-state index < -0.39 is 16.5 Å². The molecule has 11 heteroatoms. The summed E-state index contributed by atoms with van der Waals surface area (Å²) in [5, 5.41) is 16.4. The molecule has 26 heavy (non-hydrogen) atoms. The van der Waals surface area contributed by atoms with Crippen LogP contribution in [0.3, 0.4) is 0 Å². The number of nitrogens with zero attached hydrogens (tertiary/aromatic N) is 4. The Labute approximate surface area is 151 Å². The molecule has 3 N–H and O–H groups in total. The molecule has 132 valence electrons. The fraction of sp³-hybridized carbons (Fsp3) is 0.0667. The first-order valence-corrected chi connectivity index (χ1v) is 8.22. The number of rotatable bonds is 6. The number of aromatic nitrogens is 3. The van der Waals surface area contributed by atoms with Crippen LogP contribution in [0.5, 0.6) is 0 Å². The van der Waals surface area contributed by atoms with Crippen molar-refractivity contribution in [3.8, 4) is 0 Å². The third kappa shape index (κ3) is 3.72. The van der Waals surface area contributed by atoms with Crippen LogP contribution in [0.15, 0.2) is 42.2 Å². The Balaban J connectivity index is 1.82. The molecule has 2 aromatic heterocycles. The van der Waals surface area contributed by atoms with Gasteiger partial charge in [0.15, 0.2) is 5.13 Å². The Hall–Kier alpha value is -3.60. The Morgan fingerprint density at radius 3 is 2.65 bits per heavy atom. The predicted octanol–water partition coefficient (Wildman–Crippen LogP) is 2.65. The van der Waals surface area contributed by atoms with E-state index in [-0.39, 0.29) is 11.6 Å². The molecule has 0 fully saturated rings. The minimum Gasteiger partial charge on any atom is -0.310 e. The molecule has 10 nitrogen and oxygen atoms in total. The van der Waals surface area contributed by atoms with Crippen molar-refractivity contribution in [1.82, 2.24) is 20.4 Å². The van der Waals surface area contributed by atoms with Crippen LogP contribution < -0.4 is 16.2 Å². The lowest BCUT2D eigenvalue weighted by Gasteiger charge is -2.11. The molecule has 0 unspecified atom stereocenters. The summed E-state index contributed by atoms with van der Waals surface area (Å²) in [5.41, 5.74) is 5.71. The van der Waals surface area contributed by atoms with E-state index in [1.807, 2.05) is 6.07 Å². The van der Waals surface area contributed by atoms with Gasteiger partial charge >= 0.3 is 5.69 Å². The number of nitro groups is 1. The maximum absolute atomic E-state index is 12.3. The van der Waals surface area contributed by atoms with Crippen LogP contribution in [0, 0.1) is 17.0 Å². The Bertz CT molecular complexity index is 946. The summed E-state index contributed by atoms with van der Waals surface area (Å²) >= 11 is 1.27. The number of thiazole rings is 1. The highest BCUT2D eigenvalue weighted by Gasteiger charge is 2.24. The fourth-order valence-corrected chi connectivity index (χ4v) is 2.66. The van der Waals surface area contributed by atoms with Gasteiger partial charge in [-0.2, -0.15) is 0 Å². The highest BCUT2D eigenvalue weighted by molar-refractivity contribution is 7.13. The van der Waals surface area contributed by atoms with E-state index in [9.17, 15) is 14.9 Å². The first kappa shape index (κ1) is 17.2. The molecule has 2 heterocycles. The zero-order valence-electron chi connectivity index (χ0n) is 13.5. The van der Waals surface area contributed by atoms with E-state index in [1.54, 1.807) is 36.7 Å². The zero-order chi connectivity index (χ0) is 18.5. The first-order chi connectivity index (χ1) is 12.6. The number of benzene rings is 1. The second kappa shape index (κ2) is 7.53. The third-order valence-corrected chi connectivity index (χ3v) is 4.04. The van der Waals surface area contributed by atoms with Gasteiger partial charge in [0, 0.05) is 17.1 Å². The van der Waals surface area contributed by atoms with Crippen molar-refractivity contribution in [3.63, 3.8) is 0 Å². The van der Waals surface area contributed by atoms with Crippen LogP contribution in [0.4, 0.5) is 22.5 Å². The van der Waals surface area contributed by atoms with Crippen LogP contribution in [0.25, 0.3) is 0 Å². The molecule has 0 aliphatic heterocycles. The number of aryl methyl sites for hydroxylation is 1. The van der Waals surface area contributed by atoms with Crippen LogP contribution in [0.1, 0.15) is 15.9 Å². The second-order valence-corrected chi connectivity index (χ2v) is 5.93. The van der Waals surface area contributed by atoms with E-state index in [1.165, 1.54) is 11.3 Å². The topological polar surface area (TPSA) is 135 Å². The number of carbonyl (C=O) groups is 1. The lowest BCUT2D eigenvalue weighted by Crippen LogP contribution is -2.30. The fourth-order valence-electron chi connectivity index (χ4n) is 2.13. The second-order valence-electron chi connectivity index (χ2n) is 5.03. The predicted molar refractivity (Wildman–Crippen MR) is 96.4 cm³/mol. The highest BCUT2D eigenvalue weighted by Crippen LogP contribution is 2.31. The molecule has 1 amide bonds. The molecule has 3 aromatic rings. The van der Waals surface area contributed by atoms with Gasteiger partial charge in [0.05, 0.1) is 4.92 Å². The minimum absolute atomic E-state index is 0.0346. The SMILES string of the molecule is Cc1ccccc1C(=O)NNc1ncnc(Nc2nccs2)c1[N+](=O)[O-].